The number of terminal acetylenes is 1. The molecule has 1 aliphatic carbocycles. The van der Waals surface area contributed by atoms with E-state index in [0.717, 1.165) is 31.3 Å². The second-order valence-electron chi connectivity index (χ2n) is 16.7. The number of nitrogens with zero attached hydrogens (tertiary/aromatic N) is 1. The van der Waals surface area contributed by atoms with Gasteiger partial charge in [-0.15, -0.1) is 6.42 Å². The number of rotatable bonds is 8. The van der Waals surface area contributed by atoms with Crippen molar-refractivity contribution in [3.05, 3.63) is 48.1 Å². The molecular weight excluding hydrogens is 574 g/mol. The molecule has 0 saturated heterocycles. The van der Waals surface area contributed by atoms with Gasteiger partial charge < -0.3 is 15.3 Å². The molecule has 0 radical (unpaired) electrons. The first-order valence-corrected chi connectivity index (χ1v) is 16.2. The SMILES string of the molecule is C#CC(=C)C(O)CC(C)(C)C.C=C(C#N)C(O)C(C)(C)C.C=C(C(C)=O)C(O)C(C)(C)C.CC(C)(C)CCC(=O)C1=CCCCC1. The maximum absolute atomic E-state index is 11.8. The highest BCUT2D eigenvalue weighted by Gasteiger charge is 2.26. The Morgan fingerprint density at radius 2 is 1.33 bits per heavy atom. The lowest BCUT2D eigenvalue weighted by Crippen LogP contribution is -2.30. The average Bonchev–Trinajstić information content (AvgIpc) is 2.92. The van der Waals surface area contributed by atoms with Gasteiger partial charge in [-0.25, -0.2) is 0 Å². The van der Waals surface area contributed by atoms with Crippen LogP contribution in [0.2, 0.25) is 0 Å². The molecule has 3 unspecified atom stereocenters. The Morgan fingerprint density at radius 3 is 1.59 bits per heavy atom. The molecule has 46 heavy (non-hydrogen) atoms. The van der Waals surface area contributed by atoms with Crippen molar-refractivity contribution in [3.63, 3.8) is 0 Å². The van der Waals surface area contributed by atoms with Gasteiger partial charge in [0.1, 0.15) is 0 Å². The molecule has 0 aromatic rings. The Bertz CT molecular complexity index is 1120. The summed E-state index contributed by atoms with van der Waals surface area (Å²) in [6.07, 6.45) is 12.2. The Kier molecular flexibility index (Phi) is 21.9. The van der Waals surface area contributed by atoms with Gasteiger partial charge in [-0.05, 0) is 72.7 Å². The van der Waals surface area contributed by atoms with Crippen molar-refractivity contribution < 1.29 is 24.9 Å². The van der Waals surface area contributed by atoms with Gasteiger partial charge in [-0.3, -0.25) is 9.59 Å². The number of hydrogen-bond acceptors (Lipinski definition) is 6. The normalized spacial score (nSPS) is 15.1. The van der Waals surface area contributed by atoms with Crippen molar-refractivity contribution in [1.82, 2.24) is 0 Å². The zero-order valence-corrected chi connectivity index (χ0v) is 31.6. The molecular formula is C40H67NO5. The molecule has 3 atom stereocenters. The van der Waals surface area contributed by atoms with Crippen LogP contribution in [0.15, 0.2) is 48.1 Å². The van der Waals surface area contributed by atoms with E-state index in [4.69, 9.17) is 11.7 Å². The third-order valence-corrected chi connectivity index (χ3v) is 7.04. The largest absolute Gasteiger partial charge is 0.388 e. The highest BCUT2D eigenvalue weighted by Crippen LogP contribution is 2.26. The topological polar surface area (TPSA) is 119 Å². The second kappa shape index (κ2) is 21.2. The molecule has 0 aromatic carbocycles. The van der Waals surface area contributed by atoms with Crippen molar-refractivity contribution in [2.75, 3.05) is 0 Å². The number of aliphatic hydroxyl groups excluding tert-OH is 3. The molecule has 1 rings (SSSR count). The summed E-state index contributed by atoms with van der Waals surface area (Å²) in [7, 11) is 0. The van der Waals surface area contributed by atoms with E-state index in [1.165, 1.54) is 19.8 Å². The molecule has 0 spiro atoms. The van der Waals surface area contributed by atoms with Crippen molar-refractivity contribution in [1.29, 1.82) is 5.26 Å². The maximum Gasteiger partial charge on any atom is 0.158 e. The molecule has 1 aliphatic rings. The van der Waals surface area contributed by atoms with Crippen LogP contribution >= 0.6 is 0 Å². The monoisotopic (exact) mass is 642 g/mol. The van der Waals surface area contributed by atoms with Crippen molar-refractivity contribution in [2.24, 2.45) is 21.7 Å². The van der Waals surface area contributed by atoms with Crippen LogP contribution in [0.1, 0.15) is 135 Å². The summed E-state index contributed by atoms with van der Waals surface area (Å²) in [5.74, 6) is 2.59. The molecule has 0 amide bonds. The van der Waals surface area contributed by atoms with Crippen LogP contribution in [0.25, 0.3) is 0 Å². The zero-order chi connectivity index (χ0) is 37.3. The first-order valence-electron chi connectivity index (χ1n) is 16.2. The van der Waals surface area contributed by atoms with Gasteiger partial charge in [0.05, 0.1) is 30.0 Å². The molecule has 0 bridgehead atoms. The number of carbonyl (C=O) groups excluding carboxylic acids is 2. The zero-order valence-electron chi connectivity index (χ0n) is 31.6. The van der Waals surface area contributed by atoms with Gasteiger partial charge in [-0.1, -0.05) is 115 Å². The minimum atomic E-state index is -0.736. The first kappa shape index (κ1) is 47.6. The van der Waals surface area contributed by atoms with Crippen molar-refractivity contribution >= 4 is 11.6 Å². The standard InChI is InChI=1S/C13H22O.C10H16O.C9H16O2.C8H13NO/c1-13(2,3)10-9-12(14)11-7-5-4-6-8-11;1-6-8(2)9(11)7-10(3,4)5;1-6(7(2)10)8(11)9(3,4)5;1-6(5-9)7(10)8(2,3)4/h7H,4-6,8-10H2,1-3H3;1,9,11H,2,7H2,3-5H3;8,11H,1H2,2-5H3;7,10H,1H2,2-4H3. The summed E-state index contributed by atoms with van der Waals surface area (Å²) in [4.78, 5) is 22.5. The number of Topliss-reactive ketones (excluding diaryl/α,β-unsaturated/α-hetero) is 2. The molecule has 6 heteroatoms. The summed E-state index contributed by atoms with van der Waals surface area (Å²) in [5.41, 5.74) is 1.88. The molecule has 262 valence electrons. The number of ketones is 2. The predicted molar refractivity (Wildman–Crippen MR) is 194 cm³/mol. The van der Waals surface area contributed by atoms with E-state index in [1.54, 1.807) is 0 Å². The second-order valence-corrected chi connectivity index (χ2v) is 16.7. The molecule has 0 fully saturated rings. The van der Waals surface area contributed by atoms with Crippen LogP contribution in [0.4, 0.5) is 0 Å². The van der Waals surface area contributed by atoms with Crippen LogP contribution in [0, 0.1) is 45.3 Å². The number of nitriles is 1. The van der Waals surface area contributed by atoms with Gasteiger partial charge in [-0.2, -0.15) is 5.26 Å². The lowest BCUT2D eigenvalue weighted by molar-refractivity contribution is -0.116. The Morgan fingerprint density at radius 1 is 0.848 bits per heavy atom. The van der Waals surface area contributed by atoms with Crippen LogP contribution in [0.5, 0.6) is 0 Å². The van der Waals surface area contributed by atoms with E-state index in [0.29, 0.717) is 17.8 Å². The smallest absolute Gasteiger partial charge is 0.158 e. The number of allylic oxidation sites excluding steroid dienone is 2. The lowest BCUT2D eigenvalue weighted by atomic mass is 9.84. The van der Waals surface area contributed by atoms with Gasteiger partial charge in [0.2, 0.25) is 0 Å². The number of carbonyl (C=O) groups is 2. The van der Waals surface area contributed by atoms with E-state index in [9.17, 15) is 24.9 Å². The molecule has 0 aliphatic heterocycles. The van der Waals surface area contributed by atoms with E-state index in [-0.39, 0.29) is 38.6 Å². The van der Waals surface area contributed by atoms with Crippen molar-refractivity contribution in [2.45, 2.75) is 153 Å². The quantitative estimate of drug-likeness (QED) is 0.138. The molecule has 3 N–H and O–H groups in total. The minimum Gasteiger partial charge on any atom is -0.388 e. The van der Waals surface area contributed by atoms with Gasteiger partial charge in [0, 0.05) is 17.6 Å². The summed E-state index contributed by atoms with van der Waals surface area (Å²) in [6, 6.07) is 1.83. The average molecular weight is 642 g/mol. The first-order chi connectivity index (χ1) is 20.5. The fourth-order valence-electron chi connectivity index (χ4n) is 3.84. The van der Waals surface area contributed by atoms with Crippen LogP contribution < -0.4 is 0 Å². The van der Waals surface area contributed by atoms with E-state index < -0.39 is 18.3 Å². The fraction of sp³-hybridized carbons (Fsp3) is 0.675. The third kappa shape index (κ3) is 24.5. The van der Waals surface area contributed by atoms with Crippen LogP contribution in [-0.4, -0.2) is 45.2 Å². The predicted octanol–water partition coefficient (Wildman–Crippen LogP) is 8.87. The maximum atomic E-state index is 11.8. The fourth-order valence-corrected chi connectivity index (χ4v) is 3.84. The van der Waals surface area contributed by atoms with Gasteiger partial charge in [0.25, 0.3) is 0 Å². The van der Waals surface area contributed by atoms with E-state index in [1.807, 2.05) is 47.6 Å². The number of aliphatic hydroxyl groups is 3. The van der Waals surface area contributed by atoms with E-state index in [2.05, 4.69) is 73.3 Å². The minimum absolute atomic E-state index is 0.0964. The molecule has 0 saturated carbocycles. The Labute approximate surface area is 282 Å². The molecule has 0 aromatic heterocycles. The number of hydrogen-bond donors (Lipinski definition) is 3. The summed E-state index contributed by atoms with van der Waals surface area (Å²) in [6.45, 7) is 35.9. The van der Waals surface area contributed by atoms with Crippen LogP contribution in [0.3, 0.4) is 0 Å². The highest BCUT2D eigenvalue weighted by molar-refractivity contribution is 5.95. The Balaban J connectivity index is -0.000000541. The van der Waals surface area contributed by atoms with E-state index >= 15 is 0 Å². The third-order valence-electron chi connectivity index (χ3n) is 7.04. The highest BCUT2D eigenvalue weighted by atomic mass is 16.3. The van der Waals surface area contributed by atoms with Crippen molar-refractivity contribution in [3.8, 4) is 18.4 Å². The Hall–Kier alpha value is -2.77. The van der Waals surface area contributed by atoms with Gasteiger partial charge in [0.15, 0.2) is 11.6 Å². The lowest BCUT2D eigenvalue weighted by Gasteiger charge is -2.26. The van der Waals surface area contributed by atoms with Crippen LogP contribution in [-0.2, 0) is 9.59 Å². The molecule has 0 heterocycles. The summed E-state index contributed by atoms with van der Waals surface area (Å²) in [5, 5.41) is 36.6. The summed E-state index contributed by atoms with van der Waals surface area (Å²) >= 11 is 0. The van der Waals surface area contributed by atoms with Gasteiger partial charge >= 0.3 is 0 Å². The summed E-state index contributed by atoms with van der Waals surface area (Å²) < 4.78 is 0. The molecule has 6 nitrogen and oxygen atoms in total.